The topological polar surface area (TPSA) is 9.23 Å². The Balaban J connectivity index is 2.05. The summed E-state index contributed by atoms with van der Waals surface area (Å²) >= 11 is 8.97. The van der Waals surface area contributed by atoms with Crippen LogP contribution < -0.4 is 4.74 Å². The van der Waals surface area contributed by atoms with Crippen molar-refractivity contribution in [3.05, 3.63) is 63.3 Å². The van der Waals surface area contributed by atoms with E-state index in [9.17, 15) is 4.39 Å². The summed E-state index contributed by atoms with van der Waals surface area (Å²) in [6.45, 7) is 0.374. The van der Waals surface area contributed by atoms with Crippen LogP contribution in [-0.2, 0) is 6.61 Å². The van der Waals surface area contributed by atoms with Crippen LogP contribution in [0.25, 0.3) is 0 Å². The Hall–Kier alpha value is -1.06. The molecule has 0 aliphatic rings. The van der Waals surface area contributed by atoms with E-state index >= 15 is 0 Å². The first kappa shape index (κ1) is 12.4. The molecule has 0 unspecified atom stereocenters. The van der Waals surface area contributed by atoms with Gasteiger partial charge in [-0.2, -0.15) is 0 Å². The molecule has 0 fully saturated rings. The maximum atomic E-state index is 13.0. The van der Waals surface area contributed by atoms with Crippen LogP contribution in [0.4, 0.5) is 4.39 Å². The lowest BCUT2D eigenvalue weighted by molar-refractivity contribution is 0.306. The summed E-state index contributed by atoms with van der Waals surface area (Å²) in [5.41, 5.74) is 0.887. The first-order chi connectivity index (χ1) is 8.15. The smallest absolute Gasteiger partial charge is 0.137 e. The van der Waals surface area contributed by atoms with Gasteiger partial charge in [0.1, 0.15) is 18.2 Å². The van der Waals surface area contributed by atoms with Gasteiger partial charge >= 0.3 is 0 Å². The monoisotopic (exact) mass is 314 g/mol. The molecule has 17 heavy (non-hydrogen) atoms. The predicted octanol–water partition coefficient (Wildman–Crippen LogP) is 4.82. The molecule has 88 valence electrons. The predicted molar refractivity (Wildman–Crippen MR) is 69.9 cm³/mol. The number of rotatable bonds is 3. The Bertz CT molecular complexity index is 531. The van der Waals surface area contributed by atoms with E-state index in [1.807, 2.05) is 12.1 Å². The Kier molecular flexibility index (Phi) is 4.02. The fourth-order valence-corrected chi connectivity index (χ4v) is 1.96. The molecule has 1 nitrogen and oxygen atoms in total. The van der Waals surface area contributed by atoms with E-state index in [0.717, 1.165) is 5.56 Å². The fraction of sp³-hybridized carbons (Fsp3) is 0.0769. The highest BCUT2D eigenvalue weighted by Gasteiger charge is 2.01. The third-order valence-corrected chi connectivity index (χ3v) is 3.03. The molecule has 0 atom stereocenters. The van der Waals surface area contributed by atoms with E-state index in [1.165, 1.54) is 6.07 Å². The van der Waals surface area contributed by atoms with Gasteiger partial charge in [0, 0.05) is 5.02 Å². The molecule has 4 heteroatoms. The van der Waals surface area contributed by atoms with Crippen LogP contribution in [0.5, 0.6) is 5.75 Å². The van der Waals surface area contributed by atoms with Crippen molar-refractivity contribution in [1.29, 1.82) is 0 Å². The van der Waals surface area contributed by atoms with Crippen LogP contribution in [0.3, 0.4) is 0 Å². The molecule has 0 saturated heterocycles. The van der Waals surface area contributed by atoms with Gasteiger partial charge in [-0.1, -0.05) is 23.7 Å². The average Bonchev–Trinajstić information content (AvgIpc) is 2.31. The molecular weight excluding hydrogens is 306 g/mol. The molecule has 0 amide bonds. The molecule has 0 aliphatic heterocycles. The van der Waals surface area contributed by atoms with E-state index in [2.05, 4.69) is 15.9 Å². The minimum absolute atomic E-state index is 0.281. The standard InChI is InChI=1S/C13H9BrClFO/c14-12-6-9(4-5-13(12)16)8-17-11-3-1-2-10(15)7-11/h1-7H,8H2. The van der Waals surface area contributed by atoms with Crippen molar-refractivity contribution in [1.82, 2.24) is 0 Å². The first-order valence-corrected chi connectivity index (χ1v) is 6.14. The first-order valence-electron chi connectivity index (χ1n) is 4.97. The molecule has 0 bridgehead atoms. The van der Waals surface area contributed by atoms with Crippen LogP contribution in [-0.4, -0.2) is 0 Å². The summed E-state index contributed by atoms with van der Waals surface area (Å²) in [5.74, 6) is 0.412. The van der Waals surface area contributed by atoms with E-state index in [0.29, 0.717) is 21.9 Å². The normalized spacial score (nSPS) is 10.3. The van der Waals surface area contributed by atoms with Crippen LogP contribution in [0.1, 0.15) is 5.56 Å². The molecule has 2 aromatic carbocycles. The van der Waals surface area contributed by atoms with Gasteiger partial charge in [-0.15, -0.1) is 0 Å². The Morgan fingerprint density at radius 1 is 1.18 bits per heavy atom. The molecule has 0 aromatic heterocycles. The summed E-state index contributed by atoms with van der Waals surface area (Å²) in [4.78, 5) is 0. The summed E-state index contributed by atoms with van der Waals surface area (Å²) < 4.78 is 19.0. The second-order valence-electron chi connectivity index (χ2n) is 3.49. The van der Waals surface area contributed by atoms with Crippen molar-refractivity contribution in [2.24, 2.45) is 0 Å². The van der Waals surface area contributed by atoms with Gasteiger partial charge in [-0.05, 0) is 51.8 Å². The lowest BCUT2D eigenvalue weighted by Crippen LogP contribution is -1.95. The summed E-state index contributed by atoms with van der Waals surface area (Å²) in [7, 11) is 0. The second kappa shape index (κ2) is 5.52. The van der Waals surface area contributed by atoms with E-state index in [1.54, 1.807) is 24.3 Å². The number of benzene rings is 2. The van der Waals surface area contributed by atoms with Gasteiger partial charge in [0.05, 0.1) is 4.47 Å². The van der Waals surface area contributed by atoms with Gasteiger partial charge in [-0.25, -0.2) is 4.39 Å². The minimum atomic E-state index is -0.281. The van der Waals surface area contributed by atoms with Gasteiger partial charge < -0.3 is 4.74 Å². The van der Waals surface area contributed by atoms with Crippen molar-refractivity contribution < 1.29 is 9.13 Å². The Labute approximate surface area is 112 Å². The van der Waals surface area contributed by atoms with Crippen molar-refractivity contribution in [3.63, 3.8) is 0 Å². The third kappa shape index (κ3) is 3.45. The van der Waals surface area contributed by atoms with Crippen LogP contribution >= 0.6 is 27.5 Å². The van der Waals surface area contributed by atoms with Crippen molar-refractivity contribution in [2.45, 2.75) is 6.61 Å². The second-order valence-corrected chi connectivity index (χ2v) is 4.79. The minimum Gasteiger partial charge on any atom is -0.489 e. The fourth-order valence-electron chi connectivity index (χ4n) is 1.35. The number of ether oxygens (including phenoxy) is 1. The van der Waals surface area contributed by atoms with Crippen molar-refractivity contribution >= 4 is 27.5 Å². The molecule has 2 rings (SSSR count). The SMILES string of the molecule is Fc1ccc(COc2cccc(Cl)c2)cc1Br. The zero-order valence-electron chi connectivity index (χ0n) is 8.79. The largest absolute Gasteiger partial charge is 0.489 e. The highest BCUT2D eigenvalue weighted by atomic mass is 79.9. The van der Waals surface area contributed by atoms with Gasteiger partial charge in [0.2, 0.25) is 0 Å². The number of hydrogen-bond donors (Lipinski definition) is 0. The van der Waals surface area contributed by atoms with Crippen LogP contribution in [0, 0.1) is 5.82 Å². The Morgan fingerprint density at radius 3 is 2.71 bits per heavy atom. The van der Waals surface area contributed by atoms with Crippen molar-refractivity contribution in [3.8, 4) is 5.75 Å². The molecule has 0 heterocycles. The van der Waals surface area contributed by atoms with E-state index in [-0.39, 0.29) is 5.82 Å². The summed E-state index contributed by atoms with van der Waals surface area (Å²) in [5, 5.41) is 0.628. The van der Waals surface area contributed by atoms with E-state index < -0.39 is 0 Å². The lowest BCUT2D eigenvalue weighted by atomic mass is 10.2. The highest BCUT2D eigenvalue weighted by molar-refractivity contribution is 9.10. The van der Waals surface area contributed by atoms with Crippen molar-refractivity contribution in [2.75, 3.05) is 0 Å². The zero-order valence-corrected chi connectivity index (χ0v) is 11.1. The van der Waals surface area contributed by atoms with Crippen LogP contribution in [0.2, 0.25) is 5.02 Å². The summed E-state index contributed by atoms with van der Waals surface area (Å²) in [6.07, 6.45) is 0. The third-order valence-electron chi connectivity index (χ3n) is 2.19. The molecule has 2 aromatic rings. The molecule has 0 radical (unpaired) electrons. The molecular formula is C13H9BrClFO. The number of hydrogen-bond acceptors (Lipinski definition) is 1. The lowest BCUT2D eigenvalue weighted by Gasteiger charge is -2.07. The zero-order chi connectivity index (χ0) is 12.3. The maximum absolute atomic E-state index is 13.0. The number of halogens is 3. The molecule has 0 aliphatic carbocycles. The average molecular weight is 316 g/mol. The van der Waals surface area contributed by atoms with Gasteiger partial charge in [0.15, 0.2) is 0 Å². The molecule has 0 spiro atoms. The highest BCUT2D eigenvalue weighted by Crippen LogP contribution is 2.20. The van der Waals surface area contributed by atoms with Gasteiger partial charge in [-0.3, -0.25) is 0 Å². The summed E-state index contributed by atoms with van der Waals surface area (Å²) in [6, 6.07) is 11.9. The molecule has 0 N–H and O–H groups in total. The maximum Gasteiger partial charge on any atom is 0.137 e. The quantitative estimate of drug-likeness (QED) is 0.789. The van der Waals surface area contributed by atoms with E-state index in [4.69, 9.17) is 16.3 Å². The van der Waals surface area contributed by atoms with Gasteiger partial charge in [0.25, 0.3) is 0 Å². The molecule has 0 saturated carbocycles. The van der Waals surface area contributed by atoms with Crippen LogP contribution in [0.15, 0.2) is 46.9 Å². The Morgan fingerprint density at radius 2 is 2.00 bits per heavy atom.